The van der Waals surface area contributed by atoms with Gasteiger partial charge in [-0.05, 0) is 14.0 Å². The number of hydrogen-bond acceptors (Lipinski definition) is 2. The molecule has 0 aromatic carbocycles. The van der Waals surface area contributed by atoms with Gasteiger partial charge in [-0.1, -0.05) is 13.8 Å². The molecule has 62 valence electrons. The Balaban J connectivity index is 0. The van der Waals surface area contributed by atoms with E-state index in [1.54, 1.807) is 7.05 Å². The molecule has 3 heteroatoms. The van der Waals surface area contributed by atoms with E-state index in [2.05, 4.69) is 5.32 Å². The molecule has 0 aromatic rings. The van der Waals surface area contributed by atoms with Crippen molar-refractivity contribution in [3.63, 3.8) is 0 Å². The van der Waals surface area contributed by atoms with E-state index in [1.807, 2.05) is 20.8 Å². The summed E-state index contributed by atoms with van der Waals surface area (Å²) in [6, 6.07) is 0.0764. The van der Waals surface area contributed by atoms with Gasteiger partial charge in [0.2, 0.25) is 0 Å². The summed E-state index contributed by atoms with van der Waals surface area (Å²) in [5.74, 6) is -0.758. The predicted molar refractivity (Wildman–Crippen MR) is 42.1 cm³/mol. The predicted octanol–water partition coefficient (Wildman–Crippen LogP) is 1.10. The quantitative estimate of drug-likeness (QED) is 0.628. The Hall–Kier alpha value is -0.570. The van der Waals surface area contributed by atoms with Crippen LogP contribution < -0.4 is 5.32 Å². The van der Waals surface area contributed by atoms with Gasteiger partial charge in [-0.15, -0.1) is 0 Å². The van der Waals surface area contributed by atoms with Gasteiger partial charge in [-0.3, -0.25) is 4.79 Å². The van der Waals surface area contributed by atoms with E-state index in [9.17, 15) is 4.79 Å². The largest absolute Gasteiger partial charge is 0.481 e. The van der Waals surface area contributed by atoms with Gasteiger partial charge < -0.3 is 10.4 Å². The molecular formula is C7H17NO2. The number of carboxylic acids is 1. The highest BCUT2D eigenvalue weighted by atomic mass is 16.4. The first-order valence-corrected chi connectivity index (χ1v) is 3.56. The molecule has 0 fully saturated rings. The molecule has 0 radical (unpaired) electrons. The fraction of sp³-hybridized carbons (Fsp3) is 0.857. The van der Waals surface area contributed by atoms with E-state index in [0.717, 1.165) is 0 Å². The van der Waals surface area contributed by atoms with Crippen molar-refractivity contribution in [3.05, 3.63) is 0 Å². The van der Waals surface area contributed by atoms with E-state index < -0.39 is 5.97 Å². The fourth-order valence-electron chi connectivity index (χ4n) is 0.364. The van der Waals surface area contributed by atoms with E-state index in [1.165, 1.54) is 0 Å². The van der Waals surface area contributed by atoms with E-state index in [-0.39, 0.29) is 12.5 Å². The van der Waals surface area contributed by atoms with Crippen molar-refractivity contribution < 1.29 is 9.90 Å². The standard InChI is InChI=1S/C5H11NO2.C2H6/c1-4(6-2)3-5(7)8;1-2/h4,6H,3H2,1-2H3,(H,7,8);1-2H3. The van der Waals surface area contributed by atoms with Crippen LogP contribution in [0.5, 0.6) is 0 Å². The molecule has 0 aliphatic heterocycles. The molecule has 0 saturated heterocycles. The molecule has 1 atom stereocenters. The number of hydrogen-bond donors (Lipinski definition) is 2. The molecule has 0 bridgehead atoms. The summed E-state index contributed by atoms with van der Waals surface area (Å²) in [4.78, 5) is 9.93. The molecule has 0 spiro atoms. The maximum atomic E-state index is 9.93. The smallest absolute Gasteiger partial charge is 0.304 e. The second-order valence-electron chi connectivity index (χ2n) is 1.79. The van der Waals surface area contributed by atoms with Gasteiger partial charge >= 0.3 is 5.97 Å². The summed E-state index contributed by atoms with van der Waals surface area (Å²) in [5, 5.41) is 11.0. The monoisotopic (exact) mass is 147 g/mol. The van der Waals surface area contributed by atoms with Crippen LogP contribution in [-0.2, 0) is 4.79 Å². The van der Waals surface area contributed by atoms with Crippen molar-refractivity contribution in [1.82, 2.24) is 5.32 Å². The molecule has 2 N–H and O–H groups in total. The molecule has 0 aliphatic rings. The SMILES string of the molecule is CC.CNC(C)CC(=O)O. The zero-order valence-corrected chi connectivity index (χ0v) is 7.14. The summed E-state index contributed by atoms with van der Waals surface area (Å²) in [5.41, 5.74) is 0. The summed E-state index contributed by atoms with van der Waals surface area (Å²) in [7, 11) is 1.74. The Morgan fingerprint density at radius 2 is 2.00 bits per heavy atom. The average Bonchev–Trinajstić information content (AvgIpc) is 1.91. The molecule has 10 heavy (non-hydrogen) atoms. The molecule has 3 nitrogen and oxygen atoms in total. The van der Waals surface area contributed by atoms with Crippen molar-refractivity contribution in [1.29, 1.82) is 0 Å². The third-order valence-corrected chi connectivity index (χ3v) is 0.974. The number of rotatable bonds is 3. The summed E-state index contributed by atoms with van der Waals surface area (Å²) < 4.78 is 0. The van der Waals surface area contributed by atoms with Crippen LogP contribution in [0.4, 0.5) is 0 Å². The van der Waals surface area contributed by atoms with Crippen molar-refractivity contribution in [3.8, 4) is 0 Å². The molecule has 0 aromatic heterocycles. The molecule has 0 heterocycles. The Bertz CT molecular complexity index is 83.7. The molecular weight excluding hydrogens is 130 g/mol. The minimum absolute atomic E-state index is 0.0764. The van der Waals surface area contributed by atoms with E-state index in [4.69, 9.17) is 5.11 Å². The van der Waals surface area contributed by atoms with Crippen LogP contribution in [0.25, 0.3) is 0 Å². The highest BCUT2D eigenvalue weighted by Crippen LogP contribution is 1.86. The topological polar surface area (TPSA) is 49.3 Å². The summed E-state index contributed by atoms with van der Waals surface area (Å²) >= 11 is 0. The zero-order chi connectivity index (χ0) is 8.57. The minimum atomic E-state index is -0.758. The highest BCUT2D eigenvalue weighted by Gasteiger charge is 2.02. The van der Waals surface area contributed by atoms with Gasteiger partial charge in [0.15, 0.2) is 0 Å². The molecule has 0 aliphatic carbocycles. The molecule has 0 rings (SSSR count). The van der Waals surface area contributed by atoms with Crippen LogP contribution in [0, 0.1) is 0 Å². The van der Waals surface area contributed by atoms with Gasteiger partial charge in [-0.25, -0.2) is 0 Å². The summed E-state index contributed by atoms with van der Waals surface area (Å²) in [6.07, 6.45) is 0.191. The molecule has 1 unspecified atom stereocenters. The van der Waals surface area contributed by atoms with Gasteiger partial charge in [0.05, 0.1) is 6.42 Å². The first-order chi connectivity index (χ1) is 4.66. The lowest BCUT2D eigenvalue weighted by molar-refractivity contribution is -0.137. The summed E-state index contributed by atoms with van der Waals surface area (Å²) in [6.45, 7) is 5.83. The third kappa shape index (κ3) is 10.4. The number of nitrogens with one attached hydrogen (secondary N) is 1. The van der Waals surface area contributed by atoms with Crippen LogP contribution in [0.15, 0.2) is 0 Å². The first kappa shape index (κ1) is 12.1. The second-order valence-corrected chi connectivity index (χ2v) is 1.79. The lowest BCUT2D eigenvalue weighted by Gasteiger charge is -2.03. The molecule has 0 amide bonds. The normalized spacial score (nSPS) is 11.2. The zero-order valence-electron chi connectivity index (χ0n) is 7.14. The lowest BCUT2D eigenvalue weighted by Crippen LogP contribution is -2.24. The van der Waals surface area contributed by atoms with Gasteiger partial charge in [-0.2, -0.15) is 0 Å². The second kappa shape index (κ2) is 8.43. The first-order valence-electron chi connectivity index (χ1n) is 3.56. The average molecular weight is 147 g/mol. The third-order valence-electron chi connectivity index (χ3n) is 0.974. The Morgan fingerprint density at radius 1 is 1.60 bits per heavy atom. The number of carbonyl (C=O) groups is 1. The van der Waals surface area contributed by atoms with Crippen LogP contribution in [0.1, 0.15) is 27.2 Å². The highest BCUT2D eigenvalue weighted by molar-refractivity contribution is 5.67. The van der Waals surface area contributed by atoms with Crippen molar-refractivity contribution >= 4 is 5.97 Å². The van der Waals surface area contributed by atoms with Crippen LogP contribution >= 0.6 is 0 Å². The van der Waals surface area contributed by atoms with Crippen molar-refractivity contribution in [2.75, 3.05) is 7.05 Å². The maximum absolute atomic E-state index is 9.93. The maximum Gasteiger partial charge on any atom is 0.304 e. The van der Waals surface area contributed by atoms with Gasteiger partial charge in [0, 0.05) is 6.04 Å². The van der Waals surface area contributed by atoms with Crippen LogP contribution in [0.2, 0.25) is 0 Å². The lowest BCUT2D eigenvalue weighted by atomic mass is 10.2. The van der Waals surface area contributed by atoms with E-state index in [0.29, 0.717) is 0 Å². The van der Waals surface area contributed by atoms with E-state index >= 15 is 0 Å². The Labute approximate surface area is 62.4 Å². The molecule has 0 saturated carbocycles. The number of carboxylic acid groups (broad SMARTS) is 1. The Kier molecular flexibility index (Phi) is 10.2. The van der Waals surface area contributed by atoms with Crippen LogP contribution in [0.3, 0.4) is 0 Å². The minimum Gasteiger partial charge on any atom is -0.481 e. The van der Waals surface area contributed by atoms with Crippen LogP contribution in [-0.4, -0.2) is 24.2 Å². The van der Waals surface area contributed by atoms with Gasteiger partial charge in [0.1, 0.15) is 0 Å². The Morgan fingerprint density at radius 3 is 2.10 bits per heavy atom. The van der Waals surface area contributed by atoms with Gasteiger partial charge in [0.25, 0.3) is 0 Å². The van der Waals surface area contributed by atoms with Crippen molar-refractivity contribution in [2.24, 2.45) is 0 Å². The fourth-order valence-corrected chi connectivity index (χ4v) is 0.364. The number of aliphatic carboxylic acids is 1. The van der Waals surface area contributed by atoms with Crippen molar-refractivity contribution in [2.45, 2.75) is 33.2 Å².